The molecule has 1 fully saturated rings. The van der Waals surface area contributed by atoms with E-state index in [1.165, 1.54) is 4.90 Å². The largest absolute Gasteiger partial charge is 0.480 e. The molecule has 1 aromatic rings. The van der Waals surface area contributed by atoms with Crippen LogP contribution in [0.2, 0.25) is 0 Å². The summed E-state index contributed by atoms with van der Waals surface area (Å²) >= 11 is 3.97. The maximum absolute atomic E-state index is 11.9. The highest BCUT2D eigenvalue weighted by molar-refractivity contribution is 7.80. The van der Waals surface area contributed by atoms with Crippen LogP contribution in [0.5, 0.6) is 0 Å². The highest BCUT2D eigenvalue weighted by atomic mass is 32.1. The van der Waals surface area contributed by atoms with Crippen LogP contribution in [0.25, 0.3) is 0 Å². The molecule has 0 aromatic heterocycles. The van der Waals surface area contributed by atoms with Crippen molar-refractivity contribution in [2.75, 3.05) is 30.8 Å². The standard InChI is InChI=1S/C21H27N3O6S/c1-14(12-30-13-18(25)23-17(9-11-31)21(28)29)22-16-5-2-15(3-6-16)4-7-19(26)24-10-8-20(24)27/h2-3,5-6,17,22,31H,1,4,7-13H2,(H,23,25)(H,28,29). The normalized spacial score (nSPS) is 13.8. The van der Waals surface area contributed by atoms with Crippen LogP contribution in [-0.2, 0) is 30.3 Å². The first-order valence-electron chi connectivity index (χ1n) is 9.88. The molecule has 0 aliphatic carbocycles. The molecule has 9 nitrogen and oxygen atoms in total. The van der Waals surface area contributed by atoms with Gasteiger partial charge in [-0.2, -0.15) is 12.6 Å². The Morgan fingerprint density at radius 1 is 1.23 bits per heavy atom. The van der Waals surface area contributed by atoms with Crippen LogP contribution in [0.15, 0.2) is 36.5 Å². The molecule has 168 valence electrons. The lowest BCUT2D eigenvalue weighted by Crippen LogP contribution is -2.47. The maximum atomic E-state index is 11.9. The van der Waals surface area contributed by atoms with Crippen LogP contribution in [0.1, 0.15) is 24.8 Å². The third-order valence-electron chi connectivity index (χ3n) is 4.61. The second kappa shape index (κ2) is 12.1. The number of hydrogen-bond donors (Lipinski definition) is 4. The first-order chi connectivity index (χ1) is 14.8. The average molecular weight is 450 g/mol. The van der Waals surface area contributed by atoms with Crippen LogP contribution in [-0.4, -0.2) is 65.3 Å². The molecule has 1 atom stereocenters. The lowest BCUT2D eigenvalue weighted by molar-refractivity contribution is -0.152. The molecule has 1 aromatic carbocycles. The summed E-state index contributed by atoms with van der Waals surface area (Å²) in [5.74, 6) is -1.56. The number of likely N-dealkylation sites (tertiary alicyclic amines) is 1. The van der Waals surface area contributed by atoms with Gasteiger partial charge in [-0.25, -0.2) is 4.79 Å². The zero-order chi connectivity index (χ0) is 22.8. The summed E-state index contributed by atoms with van der Waals surface area (Å²) in [7, 11) is 0. The smallest absolute Gasteiger partial charge is 0.326 e. The average Bonchev–Trinajstić information content (AvgIpc) is 2.71. The molecule has 1 heterocycles. The Morgan fingerprint density at radius 3 is 2.48 bits per heavy atom. The molecule has 1 aliphatic rings. The number of imide groups is 1. The van der Waals surface area contributed by atoms with Crippen molar-refractivity contribution in [1.82, 2.24) is 10.2 Å². The molecule has 2 rings (SSSR count). The number of rotatable bonds is 13. The number of benzene rings is 1. The number of aryl methyl sites for hydroxylation is 1. The molecular formula is C21H27N3O6S. The molecule has 1 saturated heterocycles. The van der Waals surface area contributed by atoms with Gasteiger partial charge < -0.3 is 20.5 Å². The molecular weight excluding hydrogens is 422 g/mol. The van der Waals surface area contributed by atoms with Gasteiger partial charge in [0.1, 0.15) is 12.6 Å². The van der Waals surface area contributed by atoms with Crippen molar-refractivity contribution in [3.05, 3.63) is 42.1 Å². The molecule has 0 radical (unpaired) electrons. The van der Waals surface area contributed by atoms with Gasteiger partial charge in [-0.1, -0.05) is 18.7 Å². The van der Waals surface area contributed by atoms with Crippen LogP contribution < -0.4 is 10.6 Å². The minimum absolute atomic E-state index is 0.0673. The van der Waals surface area contributed by atoms with Crippen molar-refractivity contribution in [2.45, 2.75) is 31.7 Å². The van der Waals surface area contributed by atoms with Crippen LogP contribution in [0.3, 0.4) is 0 Å². The Hall–Kier alpha value is -2.85. The predicted octanol–water partition coefficient (Wildman–Crippen LogP) is 1.21. The number of carbonyl (C=O) groups excluding carboxylic acids is 3. The summed E-state index contributed by atoms with van der Waals surface area (Å²) in [6, 6.07) is 6.43. The third-order valence-corrected chi connectivity index (χ3v) is 4.87. The van der Waals surface area contributed by atoms with Crippen LogP contribution in [0, 0.1) is 0 Å². The molecule has 1 aliphatic heterocycles. The first kappa shape index (κ1) is 24.4. The number of carboxylic acid groups (broad SMARTS) is 1. The Balaban J connectivity index is 1.67. The molecule has 10 heteroatoms. The summed E-state index contributed by atoms with van der Waals surface area (Å²) in [5.41, 5.74) is 2.27. The molecule has 3 amide bonds. The lowest BCUT2D eigenvalue weighted by Gasteiger charge is -2.28. The van der Waals surface area contributed by atoms with Gasteiger partial charge in [0.15, 0.2) is 0 Å². The zero-order valence-electron chi connectivity index (χ0n) is 17.1. The fourth-order valence-corrected chi connectivity index (χ4v) is 3.11. The van der Waals surface area contributed by atoms with Crippen molar-refractivity contribution >= 4 is 42.0 Å². The number of hydrogen-bond acceptors (Lipinski definition) is 7. The van der Waals surface area contributed by atoms with Gasteiger partial charge in [0, 0.05) is 30.8 Å². The van der Waals surface area contributed by atoms with Crippen molar-refractivity contribution in [2.24, 2.45) is 0 Å². The van der Waals surface area contributed by atoms with Crippen LogP contribution in [0.4, 0.5) is 5.69 Å². The number of nitrogens with one attached hydrogen (secondary N) is 2. The van der Waals surface area contributed by atoms with Gasteiger partial charge in [0.2, 0.25) is 17.7 Å². The van der Waals surface area contributed by atoms with Crippen LogP contribution >= 0.6 is 12.6 Å². The summed E-state index contributed by atoms with van der Waals surface area (Å²) in [5, 5.41) is 14.4. The Morgan fingerprint density at radius 2 is 1.94 bits per heavy atom. The Bertz CT molecular complexity index is 827. The van der Waals surface area contributed by atoms with Gasteiger partial charge in [0.25, 0.3) is 0 Å². The van der Waals surface area contributed by atoms with Crippen molar-refractivity contribution in [3.63, 3.8) is 0 Å². The number of carboxylic acids is 1. The quantitative estimate of drug-likeness (QED) is 0.263. The van der Waals surface area contributed by atoms with Gasteiger partial charge in [0.05, 0.1) is 6.61 Å². The monoisotopic (exact) mass is 449 g/mol. The molecule has 31 heavy (non-hydrogen) atoms. The Kier molecular flexibility index (Phi) is 9.54. The minimum Gasteiger partial charge on any atom is -0.480 e. The van der Waals surface area contributed by atoms with E-state index in [1.807, 2.05) is 24.3 Å². The van der Waals surface area contributed by atoms with E-state index in [0.29, 0.717) is 30.8 Å². The van der Waals surface area contributed by atoms with Gasteiger partial charge in [-0.05, 0) is 36.3 Å². The SMILES string of the molecule is C=C(COCC(=O)NC(CCS)C(=O)O)Nc1ccc(CCC(=O)N2CCC2=O)cc1. The number of nitrogens with zero attached hydrogens (tertiary/aromatic N) is 1. The van der Waals surface area contributed by atoms with E-state index in [1.54, 1.807) is 0 Å². The predicted molar refractivity (Wildman–Crippen MR) is 118 cm³/mol. The highest BCUT2D eigenvalue weighted by Gasteiger charge is 2.29. The fourth-order valence-electron chi connectivity index (χ4n) is 2.85. The summed E-state index contributed by atoms with van der Waals surface area (Å²) < 4.78 is 5.27. The topological polar surface area (TPSA) is 125 Å². The molecule has 0 bridgehead atoms. The first-order valence-corrected chi connectivity index (χ1v) is 10.5. The van der Waals surface area contributed by atoms with E-state index >= 15 is 0 Å². The van der Waals surface area contributed by atoms with Gasteiger partial charge in [-0.3, -0.25) is 19.3 Å². The second-order valence-electron chi connectivity index (χ2n) is 7.08. The number of carbonyl (C=O) groups is 4. The van der Waals surface area contributed by atoms with E-state index < -0.39 is 17.9 Å². The maximum Gasteiger partial charge on any atom is 0.326 e. The number of ether oxygens (including phenoxy) is 1. The third kappa shape index (κ3) is 8.06. The molecule has 0 spiro atoms. The second-order valence-corrected chi connectivity index (χ2v) is 7.53. The van der Waals surface area contributed by atoms with Gasteiger partial charge >= 0.3 is 5.97 Å². The van der Waals surface area contributed by atoms with E-state index in [9.17, 15) is 19.2 Å². The highest BCUT2D eigenvalue weighted by Crippen LogP contribution is 2.15. The molecule has 0 saturated carbocycles. The lowest BCUT2D eigenvalue weighted by atomic mass is 10.1. The van der Waals surface area contributed by atoms with E-state index in [4.69, 9.17) is 9.84 Å². The number of aliphatic carboxylic acids is 1. The van der Waals surface area contributed by atoms with Crippen molar-refractivity contribution in [1.29, 1.82) is 0 Å². The zero-order valence-corrected chi connectivity index (χ0v) is 18.0. The summed E-state index contributed by atoms with van der Waals surface area (Å²) in [6.07, 6.45) is 1.51. The summed E-state index contributed by atoms with van der Waals surface area (Å²) in [4.78, 5) is 47.3. The Labute approximate surface area is 186 Å². The summed E-state index contributed by atoms with van der Waals surface area (Å²) in [6.45, 7) is 4.13. The van der Waals surface area contributed by atoms with Gasteiger partial charge in [-0.15, -0.1) is 0 Å². The van der Waals surface area contributed by atoms with Crippen molar-refractivity contribution in [3.8, 4) is 0 Å². The number of anilines is 1. The fraction of sp³-hybridized carbons (Fsp3) is 0.429. The number of amides is 3. The molecule has 1 unspecified atom stereocenters. The minimum atomic E-state index is -1.12. The van der Waals surface area contributed by atoms with E-state index in [0.717, 1.165) is 11.3 Å². The number of β-lactam (4-membered cyclic amide) rings is 1. The van der Waals surface area contributed by atoms with E-state index in [2.05, 4.69) is 29.8 Å². The number of thiol groups is 1. The van der Waals surface area contributed by atoms with E-state index in [-0.39, 0.29) is 37.9 Å². The van der Waals surface area contributed by atoms with Crippen molar-refractivity contribution < 1.29 is 29.0 Å². The molecule has 3 N–H and O–H groups in total.